The SMILES string of the molecule is C/C=C/CCc1ccc(C(F)(F)Oc2ccc3c(F)c(F)c(F)cc3c2)cc1. The van der Waals surface area contributed by atoms with Crippen molar-refractivity contribution in [2.24, 2.45) is 0 Å². The fraction of sp³-hybridized carbons (Fsp3) is 0.182. The van der Waals surface area contributed by atoms with E-state index in [0.717, 1.165) is 42.7 Å². The normalized spacial score (nSPS) is 12.1. The topological polar surface area (TPSA) is 9.23 Å². The summed E-state index contributed by atoms with van der Waals surface area (Å²) in [5, 5.41) is -0.302. The van der Waals surface area contributed by atoms with Crippen LogP contribution in [0.25, 0.3) is 10.8 Å². The second-order valence-electron chi connectivity index (χ2n) is 6.29. The van der Waals surface area contributed by atoms with Crippen molar-refractivity contribution in [3.05, 3.63) is 89.3 Å². The lowest BCUT2D eigenvalue weighted by Gasteiger charge is -2.19. The molecule has 0 saturated carbocycles. The zero-order valence-corrected chi connectivity index (χ0v) is 15.0. The molecule has 0 atom stereocenters. The first-order valence-electron chi connectivity index (χ1n) is 8.66. The molecule has 0 aliphatic heterocycles. The largest absolute Gasteiger partial charge is 0.429 e. The smallest absolute Gasteiger partial charge is 0.426 e. The van der Waals surface area contributed by atoms with Gasteiger partial charge in [-0.25, -0.2) is 13.2 Å². The highest BCUT2D eigenvalue weighted by molar-refractivity contribution is 5.84. The van der Waals surface area contributed by atoms with Gasteiger partial charge in [-0.15, -0.1) is 0 Å². The molecule has 3 aromatic carbocycles. The second kappa shape index (κ2) is 8.00. The molecule has 146 valence electrons. The summed E-state index contributed by atoms with van der Waals surface area (Å²) in [6.07, 6.45) is 1.81. The van der Waals surface area contributed by atoms with Gasteiger partial charge in [0, 0.05) is 5.39 Å². The summed E-state index contributed by atoms with van der Waals surface area (Å²) < 4.78 is 74.1. The lowest BCUT2D eigenvalue weighted by molar-refractivity contribution is -0.185. The molecule has 0 unspecified atom stereocenters. The molecule has 1 nitrogen and oxygen atoms in total. The first-order valence-corrected chi connectivity index (χ1v) is 8.66. The van der Waals surface area contributed by atoms with Crippen LogP contribution in [0, 0.1) is 17.5 Å². The Morgan fingerprint density at radius 3 is 2.32 bits per heavy atom. The lowest BCUT2D eigenvalue weighted by atomic mass is 10.1. The van der Waals surface area contributed by atoms with E-state index in [2.05, 4.69) is 0 Å². The molecule has 28 heavy (non-hydrogen) atoms. The van der Waals surface area contributed by atoms with Crippen LogP contribution in [0.2, 0.25) is 0 Å². The minimum Gasteiger partial charge on any atom is -0.429 e. The third-order valence-corrected chi connectivity index (χ3v) is 4.32. The van der Waals surface area contributed by atoms with Crippen LogP contribution >= 0.6 is 0 Å². The maximum absolute atomic E-state index is 14.5. The van der Waals surface area contributed by atoms with Crippen LogP contribution in [0.1, 0.15) is 24.5 Å². The number of rotatable bonds is 6. The third kappa shape index (κ3) is 4.16. The van der Waals surface area contributed by atoms with Gasteiger partial charge in [0.25, 0.3) is 0 Å². The van der Waals surface area contributed by atoms with Crippen molar-refractivity contribution in [2.45, 2.75) is 25.9 Å². The van der Waals surface area contributed by atoms with E-state index < -0.39 is 23.6 Å². The summed E-state index contributed by atoms with van der Waals surface area (Å²) in [6.45, 7) is 1.91. The molecule has 0 heterocycles. The van der Waals surface area contributed by atoms with Crippen molar-refractivity contribution in [3.8, 4) is 5.75 Å². The van der Waals surface area contributed by atoms with Gasteiger partial charge < -0.3 is 4.74 Å². The van der Waals surface area contributed by atoms with Gasteiger partial charge in [0.15, 0.2) is 17.5 Å². The molecule has 3 aromatic rings. The van der Waals surface area contributed by atoms with Crippen LogP contribution in [0.4, 0.5) is 22.0 Å². The molecule has 0 fully saturated rings. The van der Waals surface area contributed by atoms with Gasteiger partial charge in [-0.3, -0.25) is 0 Å². The Labute approximate surface area is 159 Å². The van der Waals surface area contributed by atoms with Crippen molar-refractivity contribution in [3.63, 3.8) is 0 Å². The summed E-state index contributed by atoms with van der Waals surface area (Å²) in [5.74, 6) is -4.68. The van der Waals surface area contributed by atoms with Gasteiger partial charge in [-0.2, -0.15) is 8.78 Å². The Morgan fingerprint density at radius 2 is 1.64 bits per heavy atom. The monoisotopic (exact) mass is 392 g/mol. The van der Waals surface area contributed by atoms with Crippen LogP contribution in [0.15, 0.2) is 60.7 Å². The lowest BCUT2D eigenvalue weighted by Crippen LogP contribution is -2.21. The van der Waals surface area contributed by atoms with Crippen LogP contribution < -0.4 is 4.74 Å². The van der Waals surface area contributed by atoms with E-state index in [1.54, 1.807) is 12.1 Å². The number of halogens is 5. The van der Waals surface area contributed by atoms with E-state index in [1.807, 2.05) is 19.1 Å². The predicted molar refractivity (Wildman–Crippen MR) is 97.9 cm³/mol. The molecule has 0 radical (unpaired) electrons. The van der Waals surface area contributed by atoms with E-state index in [9.17, 15) is 22.0 Å². The van der Waals surface area contributed by atoms with Gasteiger partial charge in [0.05, 0.1) is 5.56 Å². The molecule has 0 aliphatic carbocycles. The molecule has 3 rings (SSSR count). The van der Waals surface area contributed by atoms with Crippen LogP contribution in [0.3, 0.4) is 0 Å². The molecule has 0 aliphatic rings. The van der Waals surface area contributed by atoms with E-state index in [0.29, 0.717) is 0 Å². The number of fused-ring (bicyclic) bond motifs is 1. The highest BCUT2D eigenvalue weighted by atomic mass is 19.3. The Hall–Kier alpha value is -2.89. The minimum atomic E-state index is -3.65. The fourth-order valence-electron chi connectivity index (χ4n) is 2.84. The van der Waals surface area contributed by atoms with Crippen molar-refractivity contribution in [1.29, 1.82) is 0 Å². The van der Waals surface area contributed by atoms with E-state index >= 15 is 0 Å². The maximum Gasteiger partial charge on any atom is 0.426 e. The molecule has 0 aromatic heterocycles. The molecular formula is C22H17F5O. The number of hydrogen-bond donors (Lipinski definition) is 0. The van der Waals surface area contributed by atoms with Crippen molar-refractivity contribution in [2.75, 3.05) is 0 Å². The molecule has 0 N–H and O–H groups in total. The first-order chi connectivity index (χ1) is 13.3. The van der Waals surface area contributed by atoms with Crippen LogP contribution in [-0.4, -0.2) is 0 Å². The van der Waals surface area contributed by atoms with Crippen LogP contribution in [0.5, 0.6) is 5.75 Å². The van der Waals surface area contributed by atoms with Crippen molar-refractivity contribution < 1.29 is 26.7 Å². The zero-order valence-electron chi connectivity index (χ0n) is 15.0. The summed E-state index contributed by atoms with van der Waals surface area (Å²) in [4.78, 5) is 0. The number of ether oxygens (including phenoxy) is 1. The first kappa shape index (κ1) is 19.9. The minimum absolute atomic E-state index is 0.0796. The van der Waals surface area contributed by atoms with Gasteiger partial charge in [-0.05, 0) is 67.1 Å². The molecule has 0 bridgehead atoms. The Kier molecular flexibility index (Phi) is 5.68. The Morgan fingerprint density at radius 1 is 0.929 bits per heavy atom. The zero-order chi connectivity index (χ0) is 20.3. The Balaban J connectivity index is 1.82. The van der Waals surface area contributed by atoms with E-state index in [4.69, 9.17) is 4.74 Å². The van der Waals surface area contributed by atoms with Crippen LogP contribution in [-0.2, 0) is 12.5 Å². The average molecular weight is 392 g/mol. The number of alkyl halides is 2. The third-order valence-electron chi connectivity index (χ3n) is 4.32. The molecule has 0 saturated heterocycles. The van der Waals surface area contributed by atoms with E-state index in [1.165, 1.54) is 12.1 Å². The van der Waals surface area contributed by atoms with Gasteiger partial charge >= 0.3 is 6.11 Å². The summed E-state index contributed by atoms with van der Waals surface area (Å²) in [7, 11) is 0. The average Bonchev–Trinajstić information content (AvgIpc) is 2.66. The molecular weight excluding hydrogens is 375 g/mol. The standard InChI is InChI=1S/C22H17F5O/c1-2-3-4-5-14-6-8-16(9-7-14)22(26,27)28-17-10-11-18-15(12-17)13-19(23)21(25)20(18)24/h2-3,6-13H,4-5H2,1H3/b3-2+. The Bertz CT molecular complexity index is 1010. The molecule has 0 spiro atoms. The quantitative estimate of drug-likeness (QED) is 0.252. The number of aryl methyl sites for hydroxylation is 1. The summed E-state index contributed by atoms with van der Waals surface area (Å²) in [5.41, 5.74) is 0.565. The summed E-state index contributed by atoms with van der Waals surface area (Å²) in [6, 6.07) is 9.69. The van der Waals surface area contributed by atoms with Gasteiger partial charge in [0.1, 0.15) is 5.75 Å². The van der Waals surface area contributed by atoms with Gasteiger partial charge in [-0.1, -0.05) is 24.3 Å². The van der Waals surface area contributed by atoms with Gasteiger partial charge in [0.2, 0.25) is 0 Å². The van der Waals surface area contributed by atoms with E-state index in [-0.39, 0.29) is 22.1 Å². The number of hydrogen-bond acceptors (Lipinski definition) is 1. The summed E-state index contributed by atoms with van der Waals surface area (Å²) >= 11 is 0. The number of benzene rings is 3. The highest BCUT2D eigenvalue weighted by Gasteiger charge is 2.34. The predicted octanol–water partition coefficient (Wildman–Crippen LogP) is 6.89. The fourth-order valence-corrected chi connectivity index (χ4v) is 2.84. The van der Waals surface area contributed by atoms with Crippen molar-refractivity contribution in [1.82, 2.24) is 0 Å². The molecule has 6 heteroatoms. The maximum atomic E-state index is 14.5. The second-order valence-corrected chi connectivity index (χ2v) is 6.29. The number of allylic oxidation sites excluding steroid dienone is 2. The highest BCUT2D eigenvalue weighted by Crippen LogP contribution is 2.34. The van der Waals surface area contributed by atoms with Crippen molar-refractivity contribution >= 4 is 10.8 Å². The molecule has 0 amide bonds.